The summed E-state index contributed by atoms with van der Waals surface area (Å²) < 4.78 is 0. The van der Waals surface area contributed by atoms with Crippen LogP contribution in [0.1, 0.15) is 17.0 Å². The van der Waals surface area contributed by atoms with Crippen LogP contribution < -0.4 is 0 Å². The Morgan fingerprint density at radius 3 is 1.91 bits per heavy atom. The summed E-state index contributed by atoms with van der Waals surface area (Å²) in [5.41, 5.74) is 4.37. The highest BCUT2D eigenvalue weighted by Gasteiger charge is 2.00. The highest BCUT2D eigenvalue weighted by atomic mass is 14.8. The zero-order valence-corrected chi connectivity index (χ0v) is 12.8. The van der Waals surface area contributed by atoms with Crippen LogP contribution in [0.2, 0.25) is 0 Å². The van der Waals surface area contributed by atoms with Crippen LogP contribution in [0.15, 0.2) is 77.0 Å². The average molecular weight is 300 g/mol. The first-order chi connectivity index (χ1) is 11.3. The van der Waals surface area contributed by atoms with Gasteiger partial charge in [0.1, 0.15) is 0 Å². The van der Waals surface area contributed by atoms with E-state index in [-0.39, 0.29) is 0 Å². The monoisotopic (exact) mass is 300 g/mol. The summed E-state index contributed by atoms with van der Waals surface area (Å²) in [6.07, 6.45) is 6.98. The Morgan fingerprint density at radius 1 is 0.739 bits per heavy atom. The molecule has 0 unspecified atom stereocenters. The fourth-order valence-corrected chi connectivity index (χ4v) is 2.02. The van der Waals surface area contributed by atoms with Crippen LogP contribution in [0.25, 0.3) is 0 Å². The highest BCUT2D eigenvalue weighted by Crippen LogP contribution is 2.28. The third-order valence-corrected chi connectivity index (χ3v) is 3.18. The highest BCUT2D eigenvalue weighted by molar-refractivity contribution is 5.85. The number of pyridine rings is 2. The van der Waals surface area contributed by atoms with Crippen molar-refractivity contribution in [1.82, 2.24) is 9.97 Å². The third-order valence-electron chi connectivity index (χ3n) is 3.18. The van der Waals surface area contributed by atoms with Crippen LogP contribution in [-0.4, -0.2) is 22.4 Å². The number of rotatable bonds is 4. The fraction of sp³-hybridized carbons (Fsp3) is 0.0526. The number of aromatic nitrogens is 2. The molecule has 0 fully saturated rings. The minimum absolute atomic E-state index is 0.799. The van der Waals surface area contributed by atoms with Crippen molar-refractivity contribution in [2.75, 3.05) is 0 Å². The van der Waals surface area contributed by atoms with Gasteiger partial charge in [-0.2, -0.15) is 0 Å². The van der Waals surface area contributed by atoms with E-state index in [4.69, 9.17) is 0 Å². The van der Waals surface area contributed by atoms with Gasteiger partial charge in [0, 0.05) is 12.4 Å². The van der Waals surface area contributed by atoms with Gasteiger partial charge in [0.15, 0.2) is 0 Å². The summed E-state index contributed by atoms with van der Waals surface area (Å²) in [7, 11) is 0. The Labute approximate surface area is 135 Å². The normalized spacial score (nSPS) is 11.3. The van der Waals surface area contributed by atoms with Gasteiger partial charge in [-0.05, 0) is 48.9 Å². The van der Waals surface area contributed by atoms with Gasteiger partial charge in [0.2, 0.25) is 0 Å². The number of hydrogen-bond donors (Lipinski definition) is 0. The molecule has 0 spiro atoms. The lowest BCUT2D eigenvalue weighted by Gasteiger charge is -2.02. The van der Waals surface area contributed by atoms with Crippen molar-refractivity contribution in [3.8, 4) is 0 Å². The zero-order chi connectivity index (χ0) is 15.9. The molecular weight excluding hydrogens is 284 g/mol. The number of hydrogen-bond acceptors (Lipinski definition) is 4. The predicted octanol–water partition coefficient (Wildman–Crippen LogP) is 4.29. The second-order valence-corrected chi connectivity index (χ2v) is 5.02. The maximum atomic E-state index is 4.53. The first-order valence-corrected chi connectivity index (χ1v) is 7.32. The van der Waals surface area contributed by atoms with E-state index in [0.717, 1.165) is 28.3 Å². The Morgan fingerprint density at radius 2 is 1.35 bits per heavy atom. The molecule has 112 valence electrons. The molecule has 2 aromatic heterocycles. The van der Waals surface area contributed by atoms with Crippen molar-refractivity contribution in [3.63, 3.8) is 0 Å². The summed E-state index contributed by atoms with van der Waals surface area (Å²) in [5, 5.41) is 0. The molecule has 3 rings (SSSR count). The molecule has 2 heterocycles. The molecule has 0 aliphatic carbocycles. The van der Waals surface area contributed by atoms with Crippen molar-refractivity contribution >= 4 is 23.8 Å². The van der Waals surface area contributed by atoms with E-state index in [0.29, 0.717) is 0 Å². The van der Waals surface area contributed by atoms with Crippen molar-refractivity contribution in [3.05, 3.63) is 83.9 Å². The van der Waals surface area contributed by atoms with E-state index in [1.54, 1.807) is 24.8 Å². The SMILES string of the molecule is Cc1ccc(N=Cc2ccccn2)c(N=Cc2ccccn2)c1. The van der Waals surface area contributed by atoms with Crippen LogP contribution in [0.3, 0.4) is 0 Å². The van der Waals surface area contributed by atoms with E-state index in [1.165, 1.54) is 0 Å². The molecule has 0 amide bonds. The lowest BCUT2D eigenvalue weighted by Crippen LogP contribution is -1.86. The van der Waals surface area contributed by atoms with Crippen molar-refractivity contribution in [2.45, 2.75) is 6.92 Å². The van der Waals surface area contributed by atoms with Gasteiger partial charge in [-0.25, -0.2) is 0 Å². The minimum Gasteiger partial charge on any atom is -0.255 e. The molecule has 4 heteroatoms. The lowest BCUT2D eigenvalue weighted by molar-refractivity contribution is 1.29. The minimum atomic E-state index is 0.799. The summed E-state index contributed by atoms with van der Waals surface area (Å²) in [6, 6.07) is 17.4. The van der Waals surface area contributed by atoms with Crippen LogP contribution >= 0.6 is 0 Å². The maximum Gasteiger partial charge on any atom is 0.0889 e. The van der Waals surface area contributed by atoms with Gasteiger partial charge >= 0.3 is 0 Å². The Hall–Kier alpha value is -3.14. The lowest BCUT2D eigenvalue weighted by atomic mass is 10.2. The van der Waals surface area contributed by atoms with E-state index < -0.39 is 0 Å². The standard InChI is InChI=1S/C19H16N4/c1-15-8-9-18(22-13-16-6-2-4-10-20-16)19(12-15)23-14-17-7-3-5-11-21-17/h2-14H,1H3. The largest absolute Gasteiger partial charge is 0.255 e. The number of aliphatic imine (C=N–C) groups is 2. The first kappa shape index (κ1) is 14.8. The third kappa shape index (κ3) is 4.17. The topological polar surface area (TPSA) is 50.5 Å². The molecule has 0 atom stereocenters. The van der Waals surface area contributed by atoms with Gasteiger partial charge in [-0.3, -0.25) is 20.0 Å². The Bertz CT molecular complexity index is 825. The number of benzene rings is 1. The van der Waals surface area contributed by atoms with Crippen molar-refractivity contribution in [1.29, 1.82) is 0 Å². The molecule has 1 aromatic carbocycles. The summed E-state index contributed by atoms with van der Waals surface area (Å²) in [5.74, 6) is 0. The van der Waals surface area contributed by atoms with E-state index in [2.05, 4.69) is 20.0 Å². The van der Waals surface area contributed by atoms with Crippen molar-refractivity contribution < 1.29 is 0 Å². The Balaban J connectivity index is 1.89. The fourth-order valence-electron chi connectivity index (χ4n) is 2.02. The quantitative estimate of drug-likeness (QED) is 0.675. The number of nitrogens with zero attached hydrogens (tertiary/aromatic N) is 4. The van der Waals surface area contributed by atoms with Crippen molar-refractivity contribution in [2.24, 2.45) is 9.98 Å². The predicted molar refractivity (Wildman–Crippen MR) is 94.2 cm³/mol. The molecule has 0 N–H and O–H groups in total. The molecule has 0 radical (unpaired) electrons. The van der Waals surface area contributed by atoms with E-state index in [9.17, 15) is 0 Å². The van der Waals surface area contributed by atoms with Gasteiger partial charge in [-0.15, -0.1) is 0 Å². The Kier molecular flexibility index (Phi) is 4.64. The maximum absolute atomic E-state index is 4.53. The summed E-state index contributed by atoms with van der Waals surface area (Å²) >= 11 is 0. The molecule has 0 saturated heterocycles. The molecule has 3 aromatic rings. The van der Waals surface area contributed by atoms with Gasteiger partial charge in [0.25, 0.3) is 0 Å². The second-order valence-electron chi connectivity index (χ2n) is 5.02. The smallest absolute Gasteiger partial charge is 0.0889 e. The van der Waals surface area contributed by atoms with Gasteiger partial charge in [-0.1, -0.05) is 18.2 Å². The molecule has 23 heavy (non-hydrogen) atoms. The summed E-state index contributed by atoms with van der Waals surface area (Å²) in [6.45, 7) is 2.03. The van der Waals surface area contributed by atoms with Crippen LogP contribution in [0.5, 0.6) is 0 Å². The first-order valence-electron chi connectivity index (χ1n) is 7.32. The average Bonchev–Trinajstić information content (AvgIpc) is 2.61. The van der Waals surface area contributed by atoms with Gasteiger partial charge < -0.3 is 0 Å². The molecule has 0 bridgehead atoms. The van der Waals surface area contributed by atoms with Crippen LogP contribution in [0, 0.1) is 6.92 Å². The zero-order valence-electron chi connectivity index (χ0n) is 12.8. The number of aryl methyl sites for hydroxylation is 1. The molecule has 0 aliphatic heterocycles. The molecule has 4 nitrogen and oxygen atoms in total. The molecule has 0 aliphatic rings. The van der Waals surface area contributed by atoms with E-state index >= 15 is 0 Å². The molecule has 0 saturated carbocycles. The second kappa shape index (κ2) is 7.22. The van der Waals surface area contributed by atoms with Crippen LogP contribution in [-0.2, 0) is 0 Å². The van der Waals surface area contributed by atoms with Gasteiger partial charge in [0.05, 0.1) is 35.2 Å². The van der Waals surface area contributed by atoms with E-state index in [1.807, 2.05) is 61.5 Å². The molecular formula is C19H16N4. The van der Waals surface area contributed by atoms with Crippen LogP contribution in [0.4, 0.5) is 11.4 Å². The summed E-state index contributed by atoms with van der Waals surface area (Å²) in [4.78, 5) is 17.5.